The molecule has 0 spiro atoms. The quantitative estimate of drug-likeness (QED) is 0.629. The van der Waals surface area contributed by atoms with Crippen molar-refractivity contribution in [1.29, 1.82) is 0 Å². The third-order valence-electron chi connectivity index (χ3n) is 1.43. The first kappa shape index (κ1) is 8.53. The second kappa shape index (κ2) is 2.81. The fourth-order valence-electron chi connectivity index (χ4n) is 0.787. The van der Waals surface area contributed by atoms with Gasteiger partial charge in [0.05, 0.1) is 0 Å². The lowest BCUT2D eigenvalue weighted by molar-refractivity contribution is 0.0647. The first-order chi connectivity index (χ1) is 5.00. The minimum atomic E-state index is -1.27. The van der Waals surface area contributed by atoms with Crippen molar-refractivity contribution in [2.75, 3.05) is 0 Å². The van der Waals surface area contributed by atoms with Gasteiger partial charge in [-0.05, 0) is 24.6 Å². The molecule has 0 amide bonds. The highest BCUT2D eigenvalue weighted by Crippen LogP contribution is 2.16. The van der Waals surface area contributed by atoms with Crippen molar-refractivity contribution in [3.8, 4) is 0 Å². The molecule has 0 aliphatic heterocycles. The molecule has 0 saturated carbocycles. The highest BCUT2D eigenvalue weighted by atomic mass is 35.5. The van der Waals surface area contributed by atoms with Crippen molar-refractivity contribution in [3.63, 3.8) is 0 Å². The van der Waals surface area contributed by atoms with Crippen LogP contribution in [0.15, 0.2) is 24.3 Å². The van der Waals surface area contributed by atoms with Crippen molar-refractivity contribution in [2.24, 2.45) is 5.73 Å². The molecule has 11 heavy (non-hydrogen) atoms. The van der Waals surface area contributed by atoms with Gasteiger partial charge in [0, 0.05) is 5.02 Å². The zero-order chi connectivity index (χ0) is 8.48. The average Bonchev–Trinajstić information content (AvgIpc) is 1.86. The van der Waals surface area contributed by atoms with Gasteiger partial charge in [0.2, 0.25) is 0 Å². The van der Waals surface area contributed by atoms with Gasteiger partial charge in [0.15, 0.2) is 0 Å². The van der Waals surface area contributed by atoms with Gasteiger partial charge in [-0.15, -0.1) is 0 Å². The molecular formula is C8H10ClNO. The Bertz CT molecular complexity index is 237. The molecule has 0 saturated heterocycles. The smallest absolute Gasteiger partial charge is 0.136 e. The van der Waals surface area contributed by atoms with Crippen molar-refractivity contribution >= 4 is 11.6 Å². The summed E-state index contributed by atoms with van der Waals surface area (Å²) in [4.78, 5) is 0. The molecule has 0 aromatic heterocycles. The molecule has 1 aromatic rings. The lowest BCUT2D eigenvalue weighted by Crippen LogP contribution is -2.31. The second-order valence-electron chi connectivity index (χ2n) is 2.65. The molecule has 60 valence electrons. The van der Waals surface area contributed by atoms with Gasteiger partial charge >= 0.3 is 0 Å². The Kier molecular flexibility index (Phi) is 2.18. The summed E-state index contributed by atoms with van der Waals surface area (Å²) in [7, 11) is 0. The third kappa shape index (κ3) is 2.19. The Morgan fingerprint density at radius 2 is 1.82 bits per heavy atom. The number of hydrogen-bond donors (Lipinski definition) is 2. The van der Waals surface area contributed by atoms with Gasteiger partial charge in [-0.3, -0.25) is 0 Å². The van der Waals surface area contributed by atoms with Gasteiger partial charge in [0.1, 0.15) is 5.72 Å². The summed E-state index contributed by atoms with van der Waals surface area (Å²) in [5, 5.41) is 9.95. The van der Waals surface area contributed by atoms with E-state index in [-0.39, 0.29) is 0 Å². The summed E-state index contributed by atoms with van der Waals surface area (Å²) >= 11 is 5.64. The molecule has 0 fully saturated rings. The molecule has 0 aliphatic rings. The largest absolute Gasteiger partial charge is 0.372 e. The Morgan fingerprint density at radius 3 is 2.18 bits per heavy atom. The normalized spacial score (nSPS) is 16.0. The Balaban J connectivity index is 2.99. The summed E-state index contributed by atoms with van der Waals surface area (Å²) in [5.41, 5.74) is 4.80. The lowest BCUT2D eigenvalue weighted by atomic mass is 10.1. The molecule has 2 nitrogen and oxygen atoms in total. The summed E-state index contributed by atoms with van der Waals surface area (Å²) < 4.78 is 0. The maximum absolute atomic E-state index is 9.31. The van der Waals surface area contributed by atoms with E-state index in [9.17, 15) is 5.11 Å². The number of hydrogen-bond acceptors (Lipinski definition) is 2. The van der Waals surface area contributed by atoms with Crippen LogP contribution in [0.3, 0.4) is 0 Å². The van der Waals surface area contributed by atoms with Crippen LogP contribution in [-0.4, -0.2) is 5.11 Å². The van der Waals surface area contributed by atoms with E-state index in [4.69, 9.17) is 17.3 Å². The fraction of sp³-hybridized carbons (Fsp3) is 0.250. The number of nitrogens with two attached hydrogens (primary N) is 1. The van der Waals surface area contributed by atoms with Crippen LogP contribution in [0.25, 0.3) is 0 Å². The molecule has 0 heterocycles. The molecule has 0 unspecified atom stereocenters. The Labute approximate surface area is 70.6 Å². The van der Waals surface area contributed by atoms with E-state index in [1.54, 1.807) is 24.3 Å². The van der Waals surface area contributed by atoms with Crippen LogP contribution >= 0.6 is 11.6 Å². The van der Waals surface area contributed by atoms with Crippen LogP contribution in [0.1, 0.15) is 12.5 Å². The fourth-order valence-corrected chi connectivity index (χ4v) is 0.913. The number of halogens is 1. The number of aliphatic hydroxyl groups is 1. The SMILES string of the molecule is C[C@@](N)(O)c1ccc(Cl)cc1. The van der Waals surface area contributed by atoms with Gasteiger partial charge in [-0.1, -0.05) is 23.7 Å². The van der Waals surface area contributed by atoms with Crippen molar-refractivity contribution in [3.05, 3.63) is 34.9 Å². The van der Waals surface area contributed by atoms with Crippen LogP contribution < -0.4 is 5.73 Å². The molecular weight excluding hydrogens is 162 g/mol. The van der Waals surface area contributed by atoms with Crippen molar-refractivity contribution in [2.45, 2.75) is 12.6 Å². The Hall–Kier alpha value is -0.570. The van der Waals surface area contributed by atoms with Gasteiger partial charge in [-0.25, -0.2) is 0 Å². The van der Waals surface area contributed by atoms with E-state index in [0.717, 1.165) is 0 Å². The standard InChI is InChI=1S/C8H10ClNO/c1-8(10,11)6-2-4-7(9)5-3-6/h2-5,11H,10H2,1H3/t8-/m1/s1. The van der Waals surface area contributed by atoms with E-state index >= 15 is 0 Å². The van der Waals surface area contributed by atoms with Crippen LogP contribution in [0, 0.1) is 0 Å². The van der Waals surface area contributed by atoms with Crippen LogP contribution in [-0.2, 0) is 5.72 Å². The van der Waals surface area contributed by atoms with Crippen molar-refractivity contribution in [1.82, 2.24) is 0 Å². The summed E-state index contributed by atoms with van der Waals surface area (Å²) in [6, 6.07) is 6.78. The minimum absolute atomic E-state index is 0.637. The summed E-state index contributed by atoms with van der Waals surface area (Å²) in [5.74, 6) is 0. The predicted molar refractivity (Wildman–Crippen MR) is 45.2 cm³/mol. The van der Waals surface area contributed by atoms with Crippen LogP contribution in [0.2, 0.25) is 5.02 Å². The van der Waals surface area contributed by atoms with Crippen LogP contribution in [0.5, 0.6) is 0 Å². The van der Waals surface area contributed by atoms with E-state index < -0.39 is 5.72 Å². The third-order valence-corrected chi connectivity index (χ3v) is 1.68. The first-order valence-electron chi connectivity index (χ1n) is 3.27. The molecule has 3 heteroatoms. The zero-order valence-corrected chi connectivity index (χ0v) is 6.97. The maximum atomic E-state index is 9.31. The van der Waals surface area contributed by atoms with E-state index in [0.29, 0.717) is 10.6 Å². The topological polar surface area (TPSA) is 46.2 Å². The summed E-state index contributed by atoms with van der Waals surface area (Å²) in [6.07, 6.45) is 0. The Morgan fingerprint density at radius 1 is 1.36 bits per heavy atom. The first-order valence-corrected chi connectivity index (χ1v) is 3.65. The predicted octanol–water partition coefficient (Wildman–Crippen LogP) is 1.46. The monoisotopic (exact) mass is 171 g/mol. The summed E-state index contributed by atoms with van der Waals surface area (Å²) in [6.45, 7) is 1.52. The zero-order valence-electron chi connectivity index (χ0n) is 6.21. The van der Waals surface area contributed by atoms with Gasteiger partial charge in [0.25, 0.3) is 0 Å². The highest BCUT2D eigenvalue weighted by Gasteiger charge is 2.15. The average molecular weight is 172 g/mol. The van der Waals surface area contributed by atoms with Crippen LogP contribution in [0.4, 0.5) is 0 Å². The molecule has 1 atom stereocenters. The van der Waals surface area contributed by atoms with Gasteiger partial charge in [-0.2, -0.15) is 0 Å². The molecule has 0 radical (unpaired) electrons. The van der Waals surface area contributed by atoms with E-state index in [1.807, 2.05) is 0 Å². The molecule has 0 bridgehead atoms. The number of benzene rings is 1. The number of rotatable bonds is 1. The lowest BCUT2D eigenvalue weighted by Gasteiger charge is -2.17. The molecule has 1 rings (SSSR count). The van der Waals surface area contributed by atoms with E-state index in [2.05, 4.69) is 0 Å². The highest BCUT2D eigenvalue weighted by molar-refractivity contribution is 6.30. The van der Waals surface area contributed by atoms with E-state index in [1.165, 1.54) is 6.92 Å². The van der Waals surface area contributed by atoms with Crippen molar-refractivity contribution < 1.29 is 5.11 Å². The molecule has 1 aromatic carbocycles. The maximum Gasteiger partial charge on any atom is 0.136 e. The minimum Gasteiger partial charge on any atom is -0.372 e. The molecule has 3 N–H and O–H groups in total. The van der Waals surface area contributed by atoms with Gasteiger partial charge < -0.3 is 10.8 Å². The molecule has 0 aliphatic carbocycles. The second-order valence-corrected chi connectivity index (χ2v) is 3.09.